The number of hydrogen-bond acceptors (Lipinski definition) is 2. The van der Waals surface area contributed by atoms with E-state index in [-0.39, 0.29) is 0 Å². The maximum atomic E-state index is 11.6. The van der Waals surface area contributed by atoms with Crippen LogP contribution in [0.1, 0.15) is 11.1 Å². The molecule has 1 aliphatic heterocycles. The number of hydrogen-bond donors (Lipinski definition) is 0. The van der Waals surface area contributed by atoms with E-state index < -0.39 is 11.8 Å². The summed E-state index contributed by atoms with van der Waals surface area (Å²) in [7, 11) is 0. The minimum absolute atomic E-state index is 0.615. The highest BCUT2D eigenvalue weighted by atomic mass is 16.2. The van der Waals surface area contributed by atoms with Crippen LogP contribution in [-0.2, 0) is 9.59 Å². The van der Waals surface area contributed by atoms with Gasteiger partial charge in [0.1, 0.15) is 0 Å². The third kappa shape index (κ3) is 1.69. The van der Waals surface area contributed by atoms with E-state index in [0.29, 0.717) is 0 Å². The first-order valence-corrected chi connectivity index (χ1v) is 4.92. The SMILES string of the molecule is Cc1ccc(C)c([N+]2=CC=NC(=O)C2=O)c1. The average molecular weight is 215 g/mol. The summed E-state index contributed by atoms with van der Waals surface area (Å²) in [5.74, 6) is -1.35. The molecule has 0 unspecified atom stereocenters. The Morgan fingerprint density at radius 1 is 1.19 bits per heavy atom. The largest absolute Gasteiger partial charge is 0.485 e. The number of aliphatic imine (C=N–C) groups is 1. The van der Waals surface area contributed by atoms with Crippen molar-refractivity contribution in [3.05, 3.63) is 29.3 Å². The summed E-state index contributed by atoms with van der Waals surface area (Å²) < 4.78 is 1.33. The minimum atomic E-state index is -0.733. The Labute approximate surface area is 92.9 Å². The zero-order valence-electron chi connectivity index (χ0n) is 9.10. The van der Waals surface area contributed by atoms with Gasteiger partial charge in [0.15, 0.2) is 6.21 Å². The highest BCUT2D eigenvalue weighted by Crippen LogP contribution is 2.20. The molecule has 1 heterocycles. The minimum Gasteiger partial charge on any atom is -0.255 e. The molecule has 0 aromatic heterocycles. The van der Waals surface area contributed by atoms with Gasteiger partial charge in [-0.3, -0.25) is 4.79 Å². The van der Waals surface area contributed by atoms with Crippen LogP contribution >= 0.6 is 0 Å². The molecule has 2 rings (SSSR count). The van der Waals surface area contributed by atoms with E-state index in [0.717, 1.165) is 16.8 Å². The molecule has 0 fully saturated rings. The molecule has 0 saturated heterocycles. The molecule has 80 valence electrons. The number of carbonyl (C=O) groups excluding carboxylic acids is 2. The average Bonchev–Trinajstić information content (AvgIpc) is 2.26. The van der Waals surface area contributed by atoms with E-state index in [1.54, 1.807) is 0 Å². The van der Waals surface area contributed by atoms with E-state index in [2.05, 4.69) is 4.99 Å². The smallest absolute Gasteiger partial charge is 0.255 e. The zero-order chi connectivity index (χ0) is 11.7. The summed E-state index contributed by atoms with van der Waals surface area (Å²) in [5, 5.41) is 0. The molecule has 4 heteroatoms. The lowest BCUT2D eigenvalue weighted by Crippen LogP contribution is -2.29. The van der Waals surface area contributed by atoms with Gasteiger partial charge in [-0.05, 0) is 19.4 Å². The normalized spacial score (nSPS) is 15.2. The van der Waals surface area contributed by atoms with Crippen molar-refractivity contribution in [1.82, 2.24) is 0 Å². The second kappa shape index (κ2) is 3.81. The van der Waals surface area contributed by atoms with E-state index in [1.165, 1.54) is 17.0 Å². The topological polar surface area (TPSA) is 49.5 Å². The molecule has 0 spiro atoms. The standard InChI is InChI=1S/C12H11N2O2/c1-8-3-4-9(2)10(7-8)14-6-5-13-11(15)12(14)16/h3-7H,1-2H3/q+1. The molecule has 1 aromatic carbocycles. The van der Waals surface area contributed by atoms with Gasteiger partial charge in [-0.15, -0.1) is 4.58 Å². The van der Waals surface area contributed by atoms with Gasteiger partial charge in [0.05, 0.1) is 6.21 Å². The number of nitrogens with zero attached hydrogens (tertiary/aromatic N) is 2. The molecule has 0 aliphatic carbocycles. The fourth-order valence-corrected chi connectivity index (χ4v) is 1.56. The Balaban J connectivity index is 2.56. The monoisotopic (exact) mass is 215 g/mol. The predicted octanol–water partition coefficient (Wildman–Crippen LogP) is 1.16. The van der Waals surface area contributed by atoms with Crippen molar-refractivity contribution < 1.29 is 14.2 Å². The summed E-state index contributed by atoms with van der Waals surface area (Å²) in [5.41, 5.74) is 2.71. The van der Waals surface area contributed by atoms with Gasteiger partial charge >= 0.3 is 11.8 Å². The van der Waals surface area contributed by atoms with Crippen LogP contribution in [-0.4, -0.2) is 28.8 Å². The van der Waals surface area contributed by atoms with Crippen molar-refractivity contribution in [3.8, 4) is 0 Å². The summed E-state index contributed by atoms with van der Waals surface area (Å²) in [6, 6.07) is 5.75. The van der Waals surface area contributed by atoms with Crippen LogP contribution in [0.3, 0.4) is 0 Å². The first-order chi connectivity index (χ1) is 7.59. The predicted molar refractivity (Wildman–Crippen MR) is 60.4 cm³/mol. The fraction of sp³-hybridized carbons (Fsp3) is 0.167. The van der Waals surface area contributed by atoms with Gasteiger partial charge in [0.25, 0.3) is 0 Å². The first-order valence-electron chi connectivity index (χ1n) is 4.92. The second-order valence-electron chi connectivity index (χ2n) is 3.70. The number of aryl methyl sites for hydroxylation is 2. The molecule has 1 aliphatic rings. The van der Waals surface area contributed by atoms with Crippen LogP contribution in [0, 0.1) is 13.8 Å². The van der Waals surface area contributed by atoms with Crippen molar-refractivity contribution in [3.63, 3.8) is 0 Å². The van der Waals surface area contributed by atoms with E-state index >= 15 is 0 Å². The Hall–Kier alpha value is -2.10. The lowest BCUT2D eigenvalue weighted by Gasteiger charge is -2.04. The Bertz CT molecular complexity index is 542. The van der Waals surface area contributed by atoms with E-state index in [9.17, 15) is 9.59 Å². The highest BCUT2D eigenvalue weighted by molar-refractivity contribution is 6.39. The molecule has 0 atom stereocenters. The van der Waals surface area contributed by atoms with Crippen LogP contribution < -0.4 is 0 Å². The number of amides is 2. The Morgan fingerprint density at radius 3 is 2.69 bits per heavy atom. The molecule has 0 N–H and O–H groups in total. The molecule has 0 bridgehead atoms. The third-order valence-electron chi connectivity index (χ3n) is 2.43. The molecule has 0 radical (unpaired) electrons. The van der Waals surface area contributed by atoms with Crippen molar-refractivity contribution in [2.45, 2.75) is 13.8 Å². The molecular formula is C12H11N2O2+. The van der Waals surface area contributed by atoms with Crippen LogP contribution in [0.15, 0.2) is 23.2 Å². The lowest BCUT2D eigenvalue weighted by molar-refractivity contribution is -0.356. The highest BCUT2D eigenvalue weighted by Gasteiger charge is 2.31. The summed E-state index contributed by atoms with van der Waals surface area (Å²) >= 11 is 0. The summed E-state index contributed by atoms with van der Waals surface area (Å²) in [6.45, 7) is 3.83. The quantitative estimate of drug-likeness (QED) is 0.521. The summed E-state index contributed by atoms with van der Waals surface area (Å²) in [4.78, 5) is 26.2. The fourth-order valence-electron chi connectivity index (χ4n) is 1.56. The molecule has 2 amide bonds. The maximum Gasteiger partial charge on any atom is 0.485 e. The lowest BCUT2D eigenvalue weighted by atomic mass is 10.1. The first kappa shape index (κ1) is 10.4. The van der Waals surface area contributed by atoms with Gasteiger partial charge in [0.2, 0.25) is 5.69 Å². The molecule has 4 nitrogen and oxygen atoms in total. The number of benzene rings is 1. The maximum absolute atomic E-state index is 11.6. The summed E-state index contributed by atoms with van der Waals surface area (Å²) in [6.07, 6.45) is 2.84. The van der Waals surface area contributed by atoms with Crippen molar-refractivity contribution in [2.24, 2.45) is 4.99 Å². The van der Waals surface area contributed by atoms with Crippen molar-refractivity contribution in [1.29, 1.82) is 0 Å². The van der Waals surface area contributed by atoms with Crippen LogP contribution in [0.25, 0.3) is 0 Å². The van der Waals surface area contributed by atoms with Gasteiger partial charge in [-0.25, -0.2) is 9.79 Å². The molecule has 16 heavy (non-hydrogen) atoms. The third-order valence-corrected chi connectivity index (χ3v) is 2.43. The molecular weight excluding hydrogens is 204 g/mol. The molecule has 0 saturated carbocycles. The van der Waals surface area contributed by atoms with Gasteiger partial charge in [0, 0.05) is 11.6 Å². The Kier molecular flexibility index (Phi) is 2.48. The number of rotatable bonds is 1. The van der Waals surface area contributed by atoms with Crippen molar-refractivity contribution in [2.75, 3.05) is 0 Å². The van der Waals surface area contributed by atoms with Crippen LogP contribution in [0.5, 0.6) is 0 Å². The van der Waals surface area contributed by atoms with E-state index in [1.807, 2.05) is 32.0 Å². The van der Waals surface area contributed by atoms with E-state index in [4.69, 9.17) is 0 Å². The van der Waals surface area contributed by atoms with Gasteiger partial charge in [-0.2, -0.15) is 0 Å². The van der Waals surface area contributed by atoms with Crippen LogP contribution in [0.2, 0.25) is 0 Å². The van der Waals surface area contributed by atoms with Gasteiger partial charge < -0.3 is 0 Å². The zero-order valence-corrected chi connectivity index (χ0v) is 9.10. The number of carbonyl (C=O) groups is 2. The second-order valence-corrected chi connectivity index (χ2v) is 3.70. The van der Waals surface area contributed by atoms with Crippen molar-refractivity contribution >= 4 is 29.9 Å². The van der Waals surface area contributed by atoms with Crippen LogP contribution in [0.4, 0.5) is 5.69 Å². The van der Waals surface area contributed by atoms with Gasteiger partial charge in [-0.1, -0.05) is 12.1 Å². The molecule has 1 aromatic rings. The Morgan fingerprint density at radius 2 is 1.94 bits per heavy atom.